The van der Waals surface area contributed by atoms with E-state index in [-0.39, 0.29) is 5.91 Å². The fraction of sp³-hybridized carbons (Fsp3) is 0.312. The van der Waals surface area contributed by atoms with Gasteiger partial charge in [0.1, 0.15) is 11.5 Å². The van der Waals surface area contributed by atoms with Crippen molar-refractivity contribution in [3.05, 3.63) is 54.0 Å². The number of nitrogens with two attached hydrogens (primary N) is 1. The lowest BCUT2D eigenvalue weighted by Crippen LogP contribution is -2.36. The van der Waals surface area contributed by atoms with E-state index in [9.17, 15) is 4.79 Å². The van der Waals surface area contributed by atoms with E-state index in [0.29, 0.717) is 24.6 Å². The van der Waals surface area contributed by atoms with Gasteiger partial charge in [-0.3, -0.25) is 4.79 Å². The molecule has 21 heavy (non-hydrogen) atoms. The largest absolute Gasteiger partial charge is 0.481 e. The van der Waals surface area contributed by atoms with E-state index in [4.69, 9.17) is 14.9 Å². The molecule has 1 aromatic heterocycles. The summed E-state index contributed by atoms with van der Waals surface area (Å²) in [6.07, 6.45) is 1.71. The Kier molecular flexibility index (Phi) is 5.40. The van der Waals surface area contributed by atoms with Crippen LogP contribution in [0.2, 0.25) is 0 Å². The average Bonchev–Trinajstić information content (AvgIpc) is 3.00. The summed E-state index contributed by atoms with van der Waals surface area (Å²) in [6, 6.07) is 11.2. The van der Waals surface area contributed by atoms with Crippen LogP contribution in [-0.4, -0.2) is 18.6 Å². The van der Waals surface area contributed by atoms with Crippen LogP contribution in [0.25, 0.3) is 0 Å². The number of hydrogen-bond donors (Lipinski definition) is 2. The van der Waals surface area contributed by atoms with Crippen molar-refractivity contribution in [3.8, 4) is 5.75 Å². The Labute approximate surface area is 124 Å². The number of ether oxygens (including phenoxy) is 1. The van der Waals surface area contributed by atoms with Crippen LogP contribution in [0, 0.1) is 0 Å². The lowest BCUT2D eigenvalue weighted by molar-refractivity contribution is -0.127. The van der Waals surface area contributed by atoms with Gasteiger partial charge in [-0.1, -0.05) is 18.2 Å². The van der Waals surface area contributed by atoms with Crippen molar-refractivity contribution in [3.63, 3.8) is 0 Å². The van der Waals surface area contributed by atoms with Gasteiger partial charge in [0.05, 0.1) is 12.8 Å². The Hall–Kier alpha value is -2.27. The zero-order chi connectivity index (χ0) is 15.1. The normalized spacial score (nSPS) is 11.9. The maximum atomic E-state index is 12.0. The van der Waals surface area contributed by atoms with E-state index < -0.39 is 6.10 Å². The smallest absolute Gasteiger partial charge is 0.261 e. The third kappa shape index (κ3) is 4.36. The predicted octanol–water partition coefficient (Wildman–Crippen LogP) is 1.86. The van der Waals surface area contributed by atoms with Crippen LogP contribution in [0.3, 0.4) is 0 Å². The van der Waals surface area contributed by atoms with Crippen molar-refractivity contribution in [1.82, 2.24) is 5.32 Å². The first-order valence-electron chi connectivity index (χ1n) is 6.95. The van der Waals surface area contributed by atoms with E-state index in [2.05, 4.69) is 5.32 Å². The number of furan rings is 1. The van der Waals surface area contributed by atoms with Crippen molar-refractivity contribution in [2.24, 2.45) is 5.73 Å². The van der Waals surface area contributed by atoms with E-state index in [1.165, 1.54) is 0 Å². The fourth-order valence-corrected chi connectivity index (χ4v) is 1.96. The van der Waals surface area contributed by atoms with Crippen LogP contribution in [0.5, 0.6) is 5.75 Å². The first kappa shape index (κ1) is 15.1. The second kappa shape index (κ2) is 7.50. The summed E-state index contributed by atoms with van der Waals surface area (Å²) in [5.74, 6) is 1.22. The molecule has 112 valence electrons. The zero-order valence-electron chi connectivity index (χ0n) is 12.0. The highest BCUT2D eigenvalue weighted by atomic mass is 16.5. The number of nitrogens with one attached hydrogen (secondary N) is 1. The molecule has 2 aromatic rings. The van der Waals surface area contributed by atoms with E-state index in [0.717, 1.165) is 12.0 Å². The minimum Gasteiger partial charge on any atom is -0.481 e. The molecule has 0 bridgehead atoms. The summed E-state index contributed by atoms with van der Waals surface area (Å²) in [6.45, 7) is 2.61. The van der Waals surface area contributed by atoms with Crippen LogP contribution < -0.4 is 15.8 Å². The number of para-hydroxylation sites is 1. The third-order valence-electron chi connectivity index (χ3n) is 3.08. The van der Waals surface area contributed by atoms with Gasteiger partial charge in [-0.2, -0.15) is 0 Å². The summed E-state index contributed by atoms with van der Waals surface area (Å²) in [4.78, 5) is 12.0. The van der Waals surface area contributed by atoms with E-state index in [1.807, 2.05) is 30.3 Å². The van der Waals surface area contributed by atoms with Crippen LogP contribution in [0.4, 0.5) is 0 Å². The molecule has 0 spiro atoms. The summed E-state index contributed by atoms with van der Waals surface area (Å²) >= 11 is 0. The van der Waals surface area contributed by atoms with Crippen LogP contribution in [-0.2, 0) is 17.8 Å². The molecule has 0 aliphatic heterocycles. The van der Waals surface area contributed by atoms with Gasteiger partial charge in [0.2, 0.25) is 0 Å². The molecule has 0 aliphatic rings. The molecule has 0 fully saturated rings. The molecule has 1 unspecified atom stereocenters. The van der Waals surface area contributed by atoms with Crippen molar-refractivity contribution in [2.75, 3.05) is 6.54 Å². The molecular weight excluding hydrogens is 268 g/mol. The lowest BCUT2D eigenvalue weighted by Gasteiger charge is -2.16. The number of rotatable bonds is 7. The standard InChI is InChI=1S/C16H20N2O3/c1-12(16(19)18-11-14-6-4-10-20-14)21-15-7-3-2-5-13(15)8-9-17/h2-7,10,12H,8-9,11,17H2,1H3,(H,18,19). The molecule has 0 saturated carbocycles. The van der Waals surface area contributed by atoms with Gasteiger partial charge in [-0.05, 0) is 43.7 Å². The minimum absolute atomic E-state index is 0.186. The Balaban J connectivity index is 1.91. The first-order valence-corrected chi connectivity index (χ1v) is 6.95. The van der Waals surface area contributed by atoms with Gasteiger partial charge in [-0.25, -0.2) is 0 Å². The van der Waals surface area contributed by atoms with E-state index in [1.54, 1.807) is 19.3 Å². The van der Waals surface area contributed by atoms with Gasteiger partial charge in [0, 0.05) is 0 Å². The highest BCUT2D eigenvalue weighted by molar-refractivity contribution is 5.80. The Bertz CT molecular complexity index is 567. The van der Waals surface area contributed by atoms with E-state index >= 15 is 0 Å². The summed E-state index contributed by atoms with van der Waals surface area (Å²) in [7, 11) is 0. The van der Waals surface area contributed by atoms with Gasteiger partial charge in [0.25, 0.3) is 5.91 Å². The lowest BCUT2D eigenvalue weighted by atomic mass is 10.1. The van der Waals surface area contributed by atoms with Crippen molar-refractivity contribution < 1.29 is 13.9 Å². The molecule has 0 radical (unpaired) electrons. The summed E-state index contributed by atoms with van der Waals surface area (Å²) in [5.41, 5.74) is 6.58. The number of carbonyl (C=O) groups is 1. The third-order valence-corrected chi connectivity index (χ3v) is 3.08. The van der Waals surface area contributed by atoms with Crippen molar-refractivity contribution in [1.29, 1.82) is 0 Å². The molecule has 1 amide bonds. The first-order chi connectivity index (χ1) is 10.2. The second-order valence-electron chi connectivity index (χ2n) is 4.70. The number of amides is 1. The molecule has 0 aliphatic carbocycles. The predicted molar refractivity (Wildman–Crippen MR) is 79.8 cm³/mol. The molecular formula is C16H20N2O3. The second-order valence-corrected chi connectivity index (χ2v) is 4.70. The highest BCUT2D eigenvalue weighted by Crippen LogP contribution is 2.19. The molecule has 3 N–H and O–H groups in total. The minimum atomic E-state index is -0.584. The summed E-state index contributed by atoms with van der Waals surface area (Å²) in [5, 5.41) is 2.77. The molecule has 2 rings (SSSR count). The monoisotopic (exact) mass is 288 g/mol. The maximum absolute atomic E-state index is 12.0. The van der Waals surface area contributed by atoms with Gasteiger partial charge in [-0.15, -0.1) is 0 Å². The topological polar surface area (TPSA) is 77.5 Å². The molecule has 1 aromatic carbocycles. The highest BCUT2D eigenvalue weighted by Gasteiger charge is 2.16. The number of benzene rings is 1. The van der Waals surface area contributed by atoms with Crippen LogP contribution in [0.15, 0.2) is 47.1 Å². The molecule has 1 atom stereocenters. The SMILES string of the molecule is CC(Oc1ccccc1CCN)C(=O)NCc1ccco1. The number of hydrogen-bond acceptors (Lipinski definition) is 4. The Morgan fingerprint density at radius 3 is 2.86 bits per heavy atom. The average molecular weight is 288 g/mol. The maximum Gasteiger partial charge on any atom is 0.261 e. The molecule has 5 heteroatoms. The molecule has 1 heterocycles. The Morgan fingerprint density at radius 2 is 2.14 bits per heavy atom. The van der Waals surface area contributed by atoms with Gasteiger partial charge >= 0.3 is 0 Å². The molecule has 0 saturated heterocycles. The van der Waals surface area contributed by atoms with Gasteiger partial charge in [0.15, 0.2) is 6.10 Å². The van der Waals surface area contributed by atoms with Crippen molar-refractivity contribution in [2.45, 2.75) is 26.0 Å². The van der Waals surface area contributed by atoms with Crippen LogP contribution in [0.1, 0.15) is 18.2 Å². The molecule has 5 nitrogen and oxygen atoms in total. The zero-order valence-corrected chi connectivity index (χ0v) is 12.0. The fourth-order valence-electron chi connectivity index (χ4n) is 1.96. The quantitative estimate of drug-likeness (QED) is 0.815. The summed E-state index contributed by atoms with van der Waals surface area (Å²) < 4.78 is 10.9. The Morgan fingerprint density at radius 1 is 1.33 bits per heavy atom. The van der Waals surface area contributed by atoms with Gasteiger partial charge < -0.3 is 20.2 Å². The van der Waals surface area contributed by atoms with Crippen molar-refractivity contribution >= 4 is 5.91 Å². The van der Waals surface area contributed by atoms with Crippen LogP contribution >= 0.6 is 0 Å². The number of carbonyl (C=O) groups excluding carboxylic acids is 1.